The molecule has 0 atom stereocenters. The molecule has 124 valence electrons. The number of aromatic nitrogens is 1. The summed E-state index contributed by atoms with van der Waals surface area (Å²) in [6.07, 6.45) is 2.96. The van der Waals surface area contributed by atoms with Crippen LogP contribution in [0.3, 0.4) is 0 Å². The SMILES string of the molecule is Cc1nc(CN2CCC3(CC2)COCCN3S(C)(=O)=O)cs1. The van der Waals surface area contributed by atoms with Crippen LogP contribution in [0.5, 0.6) is 0 Å². The second-order valence-electron chi connectivity index (χ2n) is 6.25. The van der Waals surface area contributed by atoms with Crippen LogP contribution in [-0.4, -0.2) is 67.2 Å². The van der Waals surface area contributed by atoms with Gasteiger partial charge >= 0.3 is 0 Å². The molecule has 0 aliphatic carbocycles. The number of ether oxygens (including phenoxy) is 1. The van der Waals surface area contributed by atoms with Crippen LogP contribution >= 0.6 is 11.3 Å². The van der Waals surface area contributed by atoms with Gasteiger partial charge in [-0.25, -0.2) is 13.4 Å². The predicted octanol–water partition coefficient (Wildman–Crippen LogP) is 1.08. The first-order valence-electron chi connectivity index (χ1n) is 7.58. The minimum atomic E-state index is -3.18. The van der Waals surface area contributed by atoms with Gasteiger partial charge in [0.15, 0.2) is 0 Å². The first kappa shape index (κ1) is 16.3. The van der Waals surface area contributed by atoms with Crippen molar-refractivity contribution in [2.24, 2.45) is 0 Å². The maximum Gasteiger partial charge on any atom is 0.211 e. The molecular weight excluding hydrogens is 322 g/mol. The molecular formula is C14H23N3O3S2. The molecule has 2 saturated heterocycles. The number of nitrogens with zero attached hydrogens (tertiary/aromatic N) is 3. The summed E-state index contributed by atoms with van der Waals surface area (Å²) in [5.74, 6) is 0. The lowest BCUT2D eigenvalue weighted by Crippen LogP contribution is -2.62. The van der Waals surface area contributed by atoms with E-state index in [-0.39, 0.29) is 5.54 Å². The molecule has 3 rings (SSSR count). The fourth-order valence-corrected chi connectivity index (χ4v) is 5.42. The molecule has 1 aromatic rings. The molecule has 0 aromatic carbocycles. The number of sulfonamides is 1. The van der Waals surface area contributed by atoms with Gasteiger partial charge in [-0.2, -0.15) is 4.31 Å². The number of piperidine rings is 1. The van der Waals surface area contributed by atoms with Gasteiger partial charge in [0.2, 0.25) is 10.0 Å². The lowest BCUT2D eigenvalue weighted by molar-refractivity contribution is -0.0560. The molecule has 6 nitrogen and oxygen atoms in total. The van der Waals surface area contributed by atoms with Crippen LogP contribution in [0.4, 0.5) is 0 Å². The summed E-state index contributed by atoms with van der Waals surface area (Å²) in [5, 5.41) is 3.19. The molecule has 0 radical (unpaired) electrons. The second kappa shape index (κ2) is 6.16. The van der Waals surface area contributed by atoms with Crippen LogP contribution in [0.2, 0.25) is 0 Å². The molecule has 0 unspecified atom stereocenters. The Morgan fingerprint density at radius 1 is 1.36 bits per heavy atom. The molecule has 2 aliphatic rings. The highest BCUT2D eigenvalue weighted by atomic mass is 32.2. The van der Waals surface area contributed by atoms with Crippen molar-refractivity contribution in [3.8, 4) is 0 Å². The van der Waals surface area contributed by atoms with Gasteiger partial charge in [-0.1, -0.05) is 0 Å². The van der Waals surface area contributed by atoms with Crippen molar-refractivity contribution < 1.29 is 13.2 Å². The average molecular weight is 345 g/mol. The molecule has 0 bridgehead atoms. The molecule has 2 fully saturated rings. The van der Waals surface area contributed by atoms with Gasteiger partial charge in [0.1, 0.15) is 0 Å². The van der Waals surface area contributed by atoms with Gasteiger partial charge in [-0.3, -0.25) is 4.90 Å². The van der Waals surface area contributed by atoms with E-state index < -0.39 is 10.0 Å². The molecule has 0 saturated carbocycles. The summed E-state index contributed by atoms with van der Waals surface area (Å²) in [4.78, 5) is 6.86. The van der Waals surface area contributed by atoms with E-state index >= 15 is 0 Å². The van der Waals surface area contributed by atoms with Gasteiger partial charge in [-0.15, -0.1) is 11.3 Å². The Labute approximate surface area is 136 Å². The lowest BCUT2D eigenvalue weighted by atomic mass is 9.87. The third-order valence-corrected chi connectivity index (χ3v) is 6.77. The third kappa shape index (κ3) is 3.35. The number of aryl methyl sites for hydroxylation is 1. The topological polar surface area (TPSA) is 62.7 Å². The first-order valence-corrected chi connectivity index (χ1v) is 10.3. The van der Waals surface area contributed by atoms with Crippen LogP contribution < -0.4 is 0 Å². The number of morpholine rings is 1. The Morgan fingerprint density at radius 3 is 2.68 bits per heavy atom. The van der Waals surface area contributed by atoms with Crippen molar-refractivity contribution in [3.05, 3.63) is 16.1 Å². The highest BCUT2D eigenvalue weighted by Crippen LogP contribution is 2.34. The van der Waals surface area contributed by atoms with Gasteiger partial charge < -0.3 is 4.74 Å². The zero-order valence-corrected chi connectivity index (χ0v) is 14.8. The van der Waals surface area contributed by atoms with Crippen molar-refractivity contribution >= 4 is 21.4 Å². The van der Waals surface area contributed by atoms with E-state index in [0.717, 1.165) is 43.2 Å². The van der Waals surface area contributed by atoms with Gasteiger partial charge in [0, 0.05) is 31.6 Å². The molecule has 1 spiro atoms. The normalized spacial score (nSPS) is 23.9. The molecule has 1 aromatic heterocycles. The summed E-state index contributed by atoms with van der Waals surface area (Å²) in [6.45, 7) is 6.12. The third-order valence-electron chi connectivity index (χ3n) is 4.58. The smallest absolute Gasteiger partial charge is 0.211 e. The van der Waals surface area contributed by atoms with E-state index in [1.54, 1.807) is 15.6 Å². The highest BCUT2D eigenvalue weighted by Gasteiger charge is 2.46. The molecule has 22 heavy (non-hydrogen) atoms. The number of likely N-dealkylation sites (tertiary alicyclic amines) is 1. The van der Waals surface area contributed by atoms with Crippen LogP contribution in [0.25, 0.3) is 0 Å². The summed E-state index contributed by atoms with van der Waals surface area (Å²) in [5.41, 5.74) is 0.763. The Balaban J connectivity index is 1.66. The summed E-state index contributed by atoms with van der Waals surface area (Å²) >= 11 is 1.67. The second-order valence-corrected chi connectivity index (χ2v) is 9.22. The molecule has 0 N–H and O–H groups in total. The Hall–Kier alpha value is -0.540. The van der Waals surface area contributed by atoms with Crippen molar-refractivity contribution in [2.75, 3.05) is 39.1 Å². The number of thiazole rings is 1. The Morgan fingerprint density at radius 2 is 2.09 bits per heavy atom. The average Bonchev–Trinajstić information content (AvgIpc) is 2.86. The number of rotatable bonds is 3. The van der Waals surface area contributed by atoms with E-state index in [4.69, 9.17) is 4.74 Å². The zero-order chi connectivity index (χ0) is 15.8. The Kier molecular flexibility index (Phi) is 4.57. The van der Waals surface area contributed by atoms with Crippen LogP contribution in [0.1, 0.15) is 23.5 Å². The van der Waals surface area contributed by atoms with E-state index in [0.29, 0.717) is 19.8 Å². The van der Waals surface area contributed by atoms with Crippen molar-refractivity contribution in [1.29, 1.82) is 0 Å². The van der Waals surface area contributed by atoms with E-state index in [9.17, 15) is 8.42 Å². The van der Waals surface area contributed by atoms with Crippen LogP contribution in [-0.2, 0) is 21.3 Å². The van der Waals surface area contributed by atoms with Crippen LogP contribution in [0, 0.1) is 6.92 Å². The number of hydrogen-bond acceptors (Lipinski definition) is 6. The van der Waals surface area contributed by atoms with Gasteiger partial charge in [0.25, 0.3) is 0 Å². The monoisotopic (exact) mass is 345 g/mol. The van der Waals surface area contributed by atoms with E-state index in [1.165, 1.54) is 6.26 Å². The summed E-state index contributed by atoms with van der Waals surface area (Å²) in [6, 6.07) is 0. The maximum atomic E-state index is 12.1. The van der Waals surface area contributed by atoms with E-state index in [2.05, 4.69) is 15.3 Å². The molecule has 2 aliphatic heterocycles. The first-order chi connectivity index (χ1) is 10.4. The van der Waals surface area contributed by atoms with Crippen molar-refractivity contribution in [3.63, 3.8) is 0 Å². The van der Waals surface area contributed by atoms with Gasteiger partial charge in [0.05, 0.1) is 35.7 Å². The minimum absolute atomic E-state index is 0.347. The summed E-state index contributed by atoms with van der Waals surface area (Å²) < 4.78 is 31.5. The largest absolute Gasteiger partial charge is 0.378 e. The maximum absolute atomic E-state index is 12.1. The highest BCUT2D eigenvalue weighted by molar-refractivity contribution is 7.88. The fourth-order valence-electron chi connectivity index (χ4n) is 3.47. The molecule has 0 amide bonds. The molecule has 8 heteroatoms. The summed E-state index contributed by atoms with van der Waals surface area (Å²) in [7, 11) is -3.18. The molecule has 3 heterocycles. The standard InChI is InChI=1S/C14H23N3O3S2/c1-12-15-13(10-21-12)9-16-5-3-14(4-6-16)11-20-8-7-17(14)22(2,18)19/h10H,3-9,11H2,1-2H3. The Bertz CT molecular complexity index is 621. The zero-order valence-electron chi connectivity index (χ0n) is 13.1. The van der Waals surface area contributed by atoms with Gasteiger partial charge in [-0.05, 0) is 19.8 Å². The number of hydrogen-bond donors (Lipinski definition) is 0. The van der Waals surface area contributed by atoms with Crippen LogP contribution in [0.15, 0.2) is 5.38 Å². The van der Waals surface area contributed by atoms with Crippen molar-refractivity contribution in [1.82, 2.24) is 14.2 Å². The lowest BCUT2D eigenvalue weighted by Gasteiger charge is -2.49. The van der Waals surface area contributed by atoms with E-state index in [1.807, 2.05) is 6.92 Å². The van der Waals surface area contributed by atoms with Crippen molar-refractivity contribution in [2.45, 2.75) is 31.8 Å². The quantitative estimate of drug-likeness (QED) is 0.820. The fraction of sp³-hybridized carbons (Fsp3) is 0.786. The predicted molar refractivity (Wildman–Crippen MR) is 86.5 cm³/mol. The minimum Gasteiger partial charge on any atom is -0.378 e.